The maximum absolute atomic E-state index is 9.32. The first kappa shape index (κ1) is 9.98. The molecule has 0 aliphatic carbocycles. The minimum absolute atomic E-state index is 0.386. The zero-order valence-corrected chi connectivity index (χ0v) is 8.82. The number of ether oxygens (including phenoxy) is 1. The molecule has 2 N–H and O–H groups in total. The fourth-order valence-electron chi connectivity index (χ4n) is 1.61. The fourth-order valence-corrected chi connectivity index (χ4v) is 1.61. The summed E-state index contributed by atoms with van der Waals surface area (Å²) >= 11 is 0. The van der Waals surface area contributed by atoms with Crippen molar-refractivity contribution in [2.75, 3.05) is 7.11 Å². The lowest BCUT2D eigenvalue weighted by Crippen LogP contribution is -2.04. The molecule has 1 unspecified atom stereocenters. The van der Waals surface area contributed by atoms with Gasteiger partial charge in [0.2, 0.25) is 0 Å². The summed E-state index contributed by atoms with van der Waals surface area (Å²) in [5, 5.41) is 17.4. The first-order valence-corrected chi connectivity index (χ1v) is 4.89. The third kappa shape index (κ3) is 1.94. The molecular formula is C11H14N2O2. The second kappa shape index (κ2) is 3.90. The van der Waals surface area contributed by atoms with Crippen molar-refractivity contribution in [3.05, 3.63) is 23.9 Å². The van der Waals surface area contributed by atoms with E-state index in [1.807, 2.05) is 18.2 Å². The molecule has 15 heavy (non-hydrogen) atoms. The number of hydrogen-bond acceptors (Lipinski definition) is 3. The van der Waals surface area contributed by atoms with Gasteiger partial charge in [-0.1, -0.05) is 0 Å². The molecule has 1 aromatic carbocycles. The molecule has 4 nitrogen and oxygen atoms in total. The summed E-state index contributed by atoms with van der Waals surface area (Å²) < 4.78 is 5.15. The van der Waals surface area contributed by atoms with Crippen LogP contribution in [0.2, 0.25) is 0 Å². The Hall–Kier alpha value is -1.55. The van der Waals surface area contributed by atoms with E-state index in [1.165, 1.54) is 0 Å². The van der Waals surface area contributed by atoms with Crippen molar-refractivity contribution in [1.82, 2.24) is 10.2 Å². The van der Waals surface area contributed by atoms with Crippen LogP contribution in [0.3, 0.4) is 0 Å². The Labute approximate surface area is 87.9 Å². The summed E-state index contributed by atoms with van der Waals surface area (Å²) in [4.78, 5) is 0. The summed E-state index contributed by atoms with van der Waals surface area (Å²) in [5.41, 5.74) is 1.84. The monoisotopic (exact) mass is 206 g/mol. The molecule has 1 heterocycles. The molecular weight excluding hydrogens is 192 g/mol. The van der Waals surface area contributed by atoms with Crippen LogP contribution in [-0.4, -0.2) is 28.5 Å². The van der Waals surface area contributed by atoms with E-state index < -0.39 is 0 Å². The van der Waals surface area contributed by atoms with Crippen molar-refractivity contribution in [2.45, 2.75) is 19.4 Å². The summed E-state index contributed by atoms with van der Waals surface area (Å²) in [7, 11) is 1.63. The van der Waals surface area contributed by atoms with Crippen LogP contribution < -0.4 is 4.74 Å². The maximum atomic E-state index is 9.32. The van der Waals surface area contributed by atoms with Crippen molar-refractivity contribution in [1.29, 1.82) is 0 Å². The predicted molar refractivity (Wildman–Crippen MR) is 58.0 cm³/mol. The molecule has 2 aromatic rings. The van der Waals surface area contributed by atoms with Crippen molar-refractivity contribution in [2.24, 2.45) is 0 Å². The number of aromatic nitrogens is 2. The topological polar surface area (TPSA) is 58.1 Å². The first-order chi connectivity index (χ1) is 7.20. The van der Waals surface area contributed by atoms with Gasteiger partial charge in [0, 0.05) is 11.8 Å². The lowest BCUT2D eigenvalue weighted by Gasteiger charge is -2.02. The highest BCUT2D eigenvalue weighted by Crippen LogP contribution is 2.22. The largest absolute Gasteiger partial charge is 0.497 e. The molecule has 1 atom stereocenters. The van der Waals surface area contributed by atoms with Crippen LogP contribution in [0.4, 0.5) is 0 Å². The number of rotatable bonds is 3. The maximum Gasteiger partial charge on any atom is 0.119 e. The minimum Gasteiger partial charge on any atom is -0.497 e. The number of benzene rings is 1. The van der Waals surface area contributed by atoms with Crippen molar-refractivity contribution in [3.8, 4) is 5.75 Å². The molecule has 0 saturated carbocycles. The van der Waals surface area contributed by atoms with Gasteiger partial charge < -0.3 is 9.84 Å². The van der Waals surface area contributed by atoms with Crippen molar-refractivity contribution < 1.29 is 9.84 Å². The van der Waals surface area contributed by atoms with Gasteiger partial charge in [-0.15, -0.1) is 0 Å². The average molecular weight is 206 g/mol. The van der Waals surface area contributed by atoms with E-state index in [2.05, 4.69) is 10.2 Å². The Morgan fingerprint density at radius 1 is 1.53 bits per heavy atom. The van der Waals surface area contributed by atoms with Gasteiger partial charge in [0.25, 0.3) is 0 Å². The smallest absolute Gasteiger partial charge is 0.119 e. The predicted octanol–water partition coefficient (Wildman–Crippen LogP) is 1.49. The van der Waals surface area contributed by atoms with Gasteiger partial charge in [-0.3, -0.25) is 5.10 Å². The van der Waals surface area contributed by atoms with Crippen LogP contribution in [0.5, 0.6) is 5.75 Å². The fraction of sp³-hybridized carbons (Fsp3) is 0.364. The normalized spacial score (nSPS) is 13.0. The van der Waals surface area contributed by atoms with Crippen LogP contribution in [0.15, 0.2) is 18.2 Å². The highest BCUT2D eigenvalue weighted by Gasteiger charge is 2.08. The van der Waals surface area contributed by atoms with E-state index in [1.54, 1.807) is 14.0 Å². The number of fused-ring (bicyclic) bond motifs is 1. The van der Waals surface area contributed by atoms with E-state index in [0.717, 1.165) is 22.3 Å². The standard InChI is InChI=1S/C11H14N2O2/c1-7(14)5-11-9-6-8(15-2)3-4-10(9)12-13-11/h3-4,6-7,14H,5H2,1-2H3,(H,12,13). The second-order valence-electron chi connectivity index (χ2n) is 3.63. The Morgan fingerprint density at radius 2 is 2.33 bits per heavy atom. The number of nitrogens with zero attached hydrogens (tertiary/aromatic N) is 1. The first-order valence-electron chi connectivity index (χ1n) is 4.89. The Morgan fingerprint density at radius 3 is 3.00 bits per heavy atom. The summed E-state index contributed by atoms with van der Waals surface area (Å²) in [6.07, 6.45) is 0.162. The van der Waals surface area contributed by atoms with E-state index in [4.69, 9.17) is 4.74 Å². The molecule has 0 amide bonds. The average Bonchev–Trinajstić information content (AvgIpc) is 2.60. The van der Waals surface area contributed by atoms with Crippen LogP contribution in [0.25, 0.3) is 10.9 Å². The van der Waals surface area contributed by atoms with Crippen LogP contribution >= 0.6 is 0 Å². The van der Waals surface area contributed by atoms with E-state index >= 15 is 0 Å². The quantitative estimate of drug-likeness (QED) is 0.800. The Balaban J connectivity index is 2.46. The third-order valence-corrected chi connectivity index (χ3v) is 2.34. The molecule has 0 aliphatic heterocycles. The van der Waals surface area contributed by atoms with Gasteiger partial charge >= 0.3 is 0 Å². The highest BCUT2D eigenvalue weighted by molar-refractivity contribution is 5.82. The number of aliphatic hydroxyl groups is 1. The van der Waals surface area contributed by atoms with Crippen LogP contribution in [0, 0.1) is 0 Å². The van der Waals surface area contributed by atoms with Gasteiger partial charge in [0.1, 0.15) is 5.75 Å². The van der Waals surface area contributed by atoms with Crippen LogP contribution in [0.1, 0.15) is 12.6 Å². The number of nitrogens with one attached hydrogen (secondary N) is 1. The van der Waals surface area contributed by atoms with Gasteiger partial charge in [0.05, 0.1) is 24.4 Å². The van der Waals surface area contributed by atoms with Crippen molar-refractivity contribution >= 4 is 10.9 Å². The molecule has 0 bridgehead atoms. The summed E-state index contributed by atoms with van der Waals surface area (Å²) in [6, 6.07) is 5.73. The molecule has 0 spiro atoms. The van der Waals surface area contributed by atoms with Gasteiger partial charge in [-0.25, -0.2) is 0 Å². The Kier molecular flexibility index (Phi) is 2.60. The number of aromatic amines is 1. The van der Waals surface area contributed by atoms with Gasteiger partial charge in [-0.05, 0) is 25.1 Å². The molecule has 1 aromatic heterocycles. The van der Waals surface area contributed by atoms with E-state index in [-0.39, 0.29) is 6.10 Å². The highest BCUT2D eigenvalue weighted by atomic mass is 16.5. The molecule has 80 valence electrons. The number of hydrogen-bond donors (Lipinski definition) is 2. The molecule has 0 radical (unpaired) electrons. The third-order valence-electron chi connectivity index (χ3n) is 2.34. The molecule has 4 heteroatoms. The van der Waals surface area contributed by atoms with E-state index in [0.29, 0.717) is 6.42 Å². The number of aliphatic hydroxyl groups excluding tert-OH is 1. The Bertz CT molecular complexity index is 463. The van der Waals surface area contributed by atoms with Gasteiger partial charge in [0.15, 0.2) is 0 Å². The molecule has 2 rings (SSSR count). The van der Waals surface area contributed by atoms with E-state index in [9.17, 15) is 5.11 Å². The minimum atomic E-state index is -0.386. The van der Waals surface area contributed by atoms with Crippen LogP contribution in [-0.2, 0) is 6.42 Å². The zero-order chi connectivity index (χ0) is 10.8. The lowest BCUT2D eigenvalue weighted by molar-refractivity contribution is 0.194. The second-order valence-corrected chi connectivity index (χ2v) is 3.63. The molecule has 0 fully saturated rings. The SMILES string of the molecule is COc1ccc2[nH]nc(CC(C)O)c2c1. The summed E-state index contributed by atoms with van der Waals surface area (Å²) in [5.74, 6) is 0.802. The molecule has 0 aliphatic rings. The number of methoxy groups -OCH3 is 1. The molecule has 0 saturated heterocycles. The van der Waals surface area contributed by atoms with Gasteiger partial charge in [-0.2, -0.15) is 5.10 Å². The van der Waals surface area contributed by atoms with Crippen molar-refractivity contribution in [3.63, 3.8) is 0 Å². The zero-order valence-electron chi connectivity index (χ0n) is 8.82. The lowest BCUT2D eigenvalue weighted by atomic mass is 10.1. The number of H-pyrrole nitrogens is 1. The summed E-state index contributed by atoms with van der Waals surface area (Å²) in [6.45, 7) is 1.75.